The van der Waals surface area contributed by atoms with Crippen molar-refractivity contribution in [3.8, 4) is 5.75 Å². The van der Waals surface area contributed by atoms with Crippen LogP contribution in [0, 0.1) is 0 Å². The van der Waals surface area contributed by atoms with Gasteiger partial charge in [-0.15, -0.1) is 24.8 Å². The average molecular weight is 481 g/mol. The molecule has 0 bridgehead atoms. The van der Waals surface area contributed by atoms with Crippen LogP contribution in [0.5, 0.6) is 5.75 Å². The first-order valence-electron chi connectivity index (χ1n) is 10.3. The summed E-state index contributed by atoms with van der Waals surface area (Å²) in [6.07, 6.45) is 0. The number of ether oxygens (including phenoxy) is 1. The van der Waals surface area contributed by atoms with Crippen molar-refractivity contribution in [2.45, 2.75) is 13.1 Å². The van der Waals surface area contributed by atoms with Crippen LogP contribution in [0.2, 0.25) is 0 Å². The first kappa shape index (κ1) is 25.9. The van der Waals surface area contributed by atoms with Gasteiger partial charge in [-0.3, -0.25) is 18.8 Å². The number of rotatable bonds is 6. The van der Waals surface area contributed by atoms with Crippen LogP contribution >= 0.6 is 24.8 Å². The second-order valence-electron chi connectivity index (χ2n) is 7.84. The zero-order chi connectivity index (χ0) is 21.1. The van der Waals surface area contributed by atoms with Crippen molar-refractivity contribution in [1.29, 1.82) is 0 Å². The molecule has 0 atom stereocenters. The van der Waals surface area contributed by atoms with Gasteiger partial charge in [0.25, 0.3) is 5.56 Å². The first-order chi connectivity index (χ1) is 14.6. The van der Waals surface area contributed by atoms with Gasteiger partial charge in [-0.05, 0) is 36.9 Å². The number of nitrogens with zero attached hydrogens (tertiary/aromatic N) is 4. The fourth-order valence-corrected chi connectivity index (χ4v) is 3.95. The van der Waals surface area contributed by atoms with Crippen molar-refractivity contribution in [2.24, 2.45) is 0 Å². The van der Waals surface area contributed by atoms with Crippen LogP contribution in [0.15, 0.2) is 58.1 Å². The standard InChI is InChI=1S/C23H28N4O3.2ClH/c1-24-11-13-25(14-12-24)15-16-26-21-6-4-3-5-20(21)22(28)27(23(26)29)17-18-7-9-19(30-2)10-8-18;;/h3-10H,11-17H2,1-2H3;2*1H. The molecule has 9 heteroatoms. The summed E-state index contributed by atoms with van der Waals surface area (Å²) in [6.45, 7) is 5.65. The third-order valence-electron chi connectivity index (χ3n) is 5.87. The molecule has 1 fully saturated rings. The van der Waals surface area contributed by atoms with Gasteiger partial charge < -0.3 is 9.64 Å². The maximum absolute atomic E-state index is 13.3. The first-order valence-corrected chi connectivity index (χ1v) is 10.3. The van der Waals surface area contributed by atoms with E-state index in [0.717, 1.165) is 44.0 Å². The SMILES string of the molecule is COc1ccc(Cn2c(=O)c3ccccc3n(CCN3CCN(C)CC3)c2=O)cc1.Cl.Cl. The molecule has 0 unspecified atom stereocenters. The summed E-state index contributed by atoms with van der Waals surface area (Å²) >= 11 is 0. The molecular weight excluding hydrogens is 451 g/mol. The van der Waals surface area contributed by atoms with Crippen molar-refractivity contribution in [3.63, 3.8) is 0 Å². The molecule has 1 saturated heterocycles. The Labute approximate surface area is 200 Å². The Balaban J connectivity index is 0.00000181. The van der Waals surface area contributed by atoms with Gasteiger partial charge in [-0.1, -0.05) is 24.3 Å². The molecule has 0 saturated carbocycles. The molecule has 2 heterocycles. The van der Waals surface area contributed by atoms with Gasteiger partial charge >= 0.3 is 5.69 Å². The fraction of sp³-hybridized carbons (Fsp3) is 0.391. The summed E-state index contributed by atoms with van der Waals surface area (Å²) in [5.41, 5.74) is 1.08. The highest BCUT2D eigenvalue weighted by Crippen LogP contribution is 2.13. The van der Waals surface area contributed by atoms with E-state index in [4.69, 9.17) is 4.74 Å². The summed E-state index contributed by atoms with van der Waals surface area (Å²) in [4.78, 5) is 31.1. The molecule has 174 valence electrons. The predicted molar refractivity (Wildman–Crippen MR) is 133 cm³/mol. The minimum atomic E-state index is -0.261. The summed E-state index contributed by atoms with van der Waals surface area (Å²) < 4.78 is 8.29. The van der Waals surface area contributed by atoms with E-state index in [-0.39, 0.29) is 42.6 Å². The minimum absolute atomic E-state index is 0. The molecular formula is C23H30Cl2N4O3. The Morgan fingerprint density at radius 3 is 2.16 bits per heavy atom. The van der Waals surface area contributed by atoms with Crippen LogP contribution in [0.3, 0.4) is 0 Å². The Kier molecular flexibility index (Phi) is 9.33. The maximum Gasteiger partial charge on any atom is 0.331 e. The lowest BCUT2D eigenvalue weighted by atomic mass is 10.2. The molecule has 7 nitrogen and oxygen atoms in total. The lowest BCUT2D eigenvalue weighted by molar-refractivity contribution is 0.150. The van der Waals surface area contributed by atoms with Crippen LogP contribution in [-0.4, -0.2) is 65.8 Å². The van der Waals surface area contributed by atoms with Crippen LogP contribution in [0.1, 0.15) is 5.56 Å². The molecule has 1 aromatic heterocycles. The Morgan fingerprint density at radius 1 is 0.844 bits per heavy atom. The van der Waals surface area contributed by atoms with E-state index in [0.29, 0.717) is 17.4 Å². The number of para-hydroxylation sites is 1. The van der Waals surface area contributed by atoms with E-state index in [1.165, 1.54) is 4.57 Å². The van der Waals surface area contributed by atoms with Crippen molar-refractivity contribution in [3.05, 3.63) is 74.9 Å². The highest BCUT2D eigenvalue weighted by molar-refractivity contribution is 5.85. The van der Waals surface area contributed by atoms with E-state index in [2.05, 4.69) is 16.8 Å². The zero-order valence-electron chi connectivity index (χ0n) is 18.4. The van der Waals surface area contributed by atoms with Gasteiger partial charge in [0.05, 0.1) is 24.6 Å². The lowest BCUT2D eigenvalue weighted by Gasteiger charge is -2.32. The number of fused-ring (bicyclic) bond motifs is 1. The number of benzene rings is 2. The van der Waals surface area contributed by atoms with Crippen LogP contribution < -0.4 is 16.0 Å². The zero-order valence-corrected chi connectivity index (χ0v) is 20.0. The average Bonchev–Trinajstić information content (AvgIpc) is 2.78. The summed E-state index contributed by atoms with van der Waals surface area (Å²) in [6, 6.07) is 14.8. The van der Waals surface area contributed by atoms with Gasteiger partial charge in [0.1, 0.15) is 5.75 Å². The van der Waals surface area contributed by atoms with E-state index < -0.39 is 0 Å². The number of hydrogen-bond acceptors (Lipinski definition) is 5. The number of halogens is 2. The molecule has 3 aromatic rings. The summed E-state index contributed by atoms with van der Waals surface area (Å²) in [5.74, 6) is 0.745. The molecule has 1 aliphatic rings. The quantitative estimate of drug-likeness (QED) is 0.541. The van der Waals surface area contributed by atoms with Crippen molar-refractivity contribution in [1.82, 2.24) is 18.9 Å². The van der Waals surface area contributed by atoms with E-state index >= 15 is 0 Å². The topological polar surface area (TPSA) is 59.7 Å². The largest absolute Gasteiger partial charge is 0.497 e. The van der Waals surface area contributed by atoms with Crippen molar-refractivity contribution in [2.75, 3.05) is 46.9 Å². The molecule has 0 spiro atoms. The number of piperazine rings is 1. The number of hydrogen-bond donors (Lipinski definition) is 0. The Bertz CT molecular complexity index is 1140. The van der Waals surface area contributed by atoms with Gasteiger partial charge in [0.15, 0.2) is 0 Å². The number of aromatic nitrogens is 2. The second-order valence-corrected chi connectivity index (χ2v) is 7.84. The van der Waals surface area contributed by atoms with E-state index in [9.17, 15) is 9.59 Å². The molecule has 0 amide bonds. The van der Waals surface area contributed by atoms with Crippen molar-refractivity contribution < 1.29 is 4.74 Å². The van der Waals surface area contributed by atoms with Gasteiger partial charge in [0.2, 0.25) is 0 Å². The van der Waals surface area contributed by atoms with Crippen molar-refractivity contribution >= 4 is 35.7 Å². The fourth-order valence-electron chi connectivity index (χ4n) is 3.95. The van der Waals surface area contributed by atoms with Gasteiger partial charge in [-0.25, -0.2) is 4.79 Å². The molecule has 4 rings (SSSR count). The lowest BCUT2D eigenvalue weighted by Crippen LogP contribution is -2.47. The molecule has 2 aromatic carbocycles. The van der Waals surface area contributed by atoms with Gasteiger partial charge in [0, 0.05) is 39.3 Å². The Morgan fingerprint density at radius 2 is 1.50 bits per heavy atom. The Hall–Kier alpha value is -2.32. The maximum atomic E-state index is 13.3. The third-order valence-corrected chi connectivity index (χ3v) is 5.87. The van der Waals surface area contributed by atoms with Gasteiger partial charge in [-0.2, -0.15) is 0 Å². The monoisotopic (exact) mass is 480 g/mol. The van der Waals surface area contributed by atoms with E-state index in [1.54, 1.807) is 17.7 Å². The molecule has 1 aliphatic heterocycles. The van der Waals surface area contributed by atoms with E-state index in [1.807, 2.05) is 42.5 Å². The van der Waals surface area contributed by atoms with Crippen LogP contribution in [0.25, 0.3) is 10.9 Å². The van der Waals surface area contributed by atoms with Crippen LogP contribution in [0.4, 0.5) is 0 Å². The molecule has 32 heavy (non-hydrogen) atoms. The smallest absolute Gasteiger partial charge is 0.331 e. The number of methoxy groups -OCH3 is 1. The summed E-state index contributed by atoms with van der Waals surface area (Å²) in [5, 5.41) is 0.573. The molecule has 0 radical (unpaired) electrons. The molecule has 0 aliphatic carbocycles. The second kappa shape index (κ2) is 11.5. The highest BCUT2D eigenvalue weighted by atomic mass is 35.5. The third kappa shape index (κ3) is 5.53. The normalized spacial score (nSPS) is 14.6. The minimum Gasteiger partial charge on any atom is -0.497 e. The predicted octanol–water partition coefficient (Wildman–Crippen LogP) is 2.31. The summed E-state index contributed by atoms with van der Waals surface area (Å²) in [7, 11) is 3.74. The number of likely N-dealkylation sites (N-methyl/N-ethyl adjacent to an activating group) is 1. The highest BCUT2D eigenvalue weighted by Gasteiger charge is 2.17. The molecule has 0 N–H and O–H groups in total. The van der Waals surface area contributed by atoms with Crippen LogP contribution in [-0.2, 0) is 13.1 Å².